The van der Waals surface area contributed by atoms with Crippen molar-refractivity contribution in [1.29, 1.82) is 0 Å². The average molecular weight is 387 g/mol. The van der Waals surface area contributed by atoms with Crippen LogP contribution in [0.3, 0.4) is 0 Å². The van der Waals surface area contributed by atoms with Crippen LogP contribution in [0.5, 0.6) is 0 Å². The van der Waals surface area contributed by atoms with E-state index in [1.807, 2.05) is 36.2 Å². The lowest BCUT2D eigenvalue weighted by Gasteiger charge is -2.30. The lowest BCUT2D eigenvalue weighted by Crippen LogP contribution is -2.38. The van der Waals surface area contributed by atoms with Gasteiger partial charge in [-0.15, -0.1) is 0 Å². The van der Waals surface area contributed by atoms with Crippen LogP contribution in [0.4, 0.5) is 0 Å². The molecule has 1 aromatic carbocycles. The highest BCUT2D eigenvalue weighted by molar-refractivity contribution is 5.94. The first-order valence-electron chi connectivity index (χ1n) is 10.6. The van der Waals surface area contributed by atoms with Crippen LogP contribution in [0.2, 0.25) is 0 Å². The summed E-state index contributed by atoms with van der Waals surface area (Å²) in [6.45, 7) is 6.70. The van der Waals surface area contributed by atoms with Gasteiger partial charge in [0, 0.05) is 38.2 Å². The highest BCUT2D eigenvalue weighted by Gasteiger charge is 2.23. The Kier molecular flexibility index (Phi) is 7.45. The molecule has 154 valence electrons. The van der Waals surface area contributed by atoms with Crippen molar-refractivity contribution >= 4 is 11.8 Å². The number of piperidine rings is 2. The van der Waals surface area contributed by atoms with Gasteiger partial charge in [-0.1, -0.05) is 18.6 Å². The van der Waals surface area contributed by atoms with Crippen LogP contribution in [0.15, 0.2) is 24.3 Å². The van der Waals surface area contributed by atoms with Crippen molar-refractivity contribution in [3.05, 3.63) is 35.4 Å². The third kappa shape index (κ3) is 5.79. The predicted octanol–water partition coefficient (Wildman–Crippen LogP) is 1.94. The van der Waals surface area contributed by atoms with E-state index in [-0.39, 0.29) is 17.7 Å². The Hall–Kier alpha value is -1.92. The number of carbonyl (C=O) groups is 2. The van der Waals surface area contributed by atoms with Gasteiger partial charge in [0.15, 0.2) is 0 Å². The maximum Gasteiger partial charge on any atom is 0.253 e. The van der Waals surface area contributed by atoms with Crippen LogP contribution in [-0.4, -0.2) is 72.8 Å². The number of hydrogen-bond donors (Lipinski definition) is 1. The first-order chi connectivity index (χ1) is 13.5. The highest BCUT2D eigenvalue weighted by atomic mass is 16.2. The van der Waals surface area contributed by atoms with E-state index in [0.29, 0.717) is 0 Å². The van der Waals surface area contributed by atoms with Gasteiger partial charge in [-0.05, 0) is 69.6 Å². The molecule has 0 aliphatic carbocycles. The highest BCUT2D eigenvalue weighted by Crippen LogP contribution is 2.19. The molecule has 6 nitrogen and oxygen atoms in total. The second-order valence-electron chi connectivity index (χ2n) is 8.28. The Bertz CT molecular complexity index is 647. The van der Waals surface area contributed by atoms with Gasteiger partial charge in [0.1, 0.15) is 0 Å². The normalized spacial score (nSPS) is 19.5. The molecule has 3 rings (SSSR count). The van der Waals surface area contributed by atoms with E-state index < -0.39 is 0 Å². The maximum absolute atomic E-state index is 12.7. The number of amides is 2. The molecule has 0 saturated carbocycles. The van der Waals surface area contributed by atoms with Crippen molar-refractivity contribution in [2.75, 3.05) is 46.3 Å². The molecular weight excluding hydrogens is 352 g/mol. The van der Waals surface area contributed by atoms with Gasteiger partial charge in [-0.3, -0.25) is 14.5 Å². The summed E-state index contributed by atoms with van der Waals surface area (Å²) >= 11 is 0. The van der Waals surface area contributed by atoms with Crippen LogP contribution < -0.4 is 5.73 Å². The van der Waals surface area contributed by atoms with E-state index in [1.165, 1.54) is 24.8 Å². The predicted molar refractivity (Wildman–Crippen MR) is 111 cm³/mol. The Morgan fingerprint density at radius 2 is 1.64 bits per heavy atom. The van der Waals surface area contributed by atoms with Crippen molar-refractivity contribution in [2.24, 2.45) is 11.7 Å². The molecule has 28 heavy (non-hydrogen) atoms. The Morgan fingerprint density at radius 1 is 1.00 bits per heavy atom. The number of likely N-dealkylation sites (N-methyl/N-ethyl adjacent to an activating group) is 1. The minimum absolute atomic E-state index is 0.0247. The summed E-state index contributed by atoms with van der Waals surface area (Å²) in [4.78, 5) is 30.6. The molecule has 0 bridgehead atoms. The zero-order valence-electron chi connectivity index (χ0n) is 17.1. The molecular formula is C22H34N4O2. The number of nitrogens with zero attached hydrogens (tertiary/aromatic N) is 3. The SMILES string of the molecule is CN(CCN1CCCCC1)C(=O)c1ccc(CN2CCC(C(N)=O)CC2)cc1. The molecule has 2 heterocycles. The van der Waals surface area contributed by atoms with Crippen molar-refractivity contribution in [2.45, 2.75) is 38.6 Å². The van der Waals surface area contributed by atoms with Gasteiger partial charge in [-0.2, -0.15) is 0 Å². The lowest BCUT2D eigenvalue weighted by molar-refractivity contribution is -0.123. The van der Waals surface area contributed by atoms with Crippen LogP contribution in [0.1, 0.15) is 48.0 Å². The summed E-state index contributed by atoms with van der Waals surface area (Å²) in [6.07, 6.45) is 5.57. The first kappa shape index (κ1) is 20.8. The lowest BCUT2D eigenvalue weighted by atomic mass is 9.96. The minimum Gasteiger partial charge on any atom is -0.369 e. The summed E-state index contributed by atoms with van der Waals surface area (Å²) in [6, 6.07) is 7.97. The fraction of sp³-hybridized carbons (Fsp3) is 0.636. The molecule has 2 aliphatic rings. The molecule has 2 aliphatic heterocycles. The molecule has 2 amide bonds. The zero-order chi connectivity index (χ0) is 19.9. The second-order valence-corrected chi connectivity index (χ2v) is 8.28. The number of primary amides is 1. The number of rotatable bonds is 7. The number of hydrogen-bond acceptors (Lipinski definition) is 4. The van der Waals surface area contributed by atoms with Crippen LogP contribution in [0, 0.1) is 5.92 Å². The van der Waals surface area contributed by atoms with Crippen molar-refractivity contribution in [3.63, 3.8) is 0 Å². The number of nitrogens with two attached hydrogens (primary N) is 1. The summed E-state index contributed by atoms with van der Waals surface area (Å²) in [5.41, 5.74) is 7.35. The van der Waals surface area contributed by atoms with E-state index in [4.69, 9.17) is 5.73 Å². The summed E-state index contributed by atoms with van der Waals surface area (Å²) in [7, 11) is 1.89. The molecule has 2 saturated heterocycles. The Balaban J connectivity index is 1.45. The molecule has 0 radical (unpaired) electrons. The van der Waals surface area contributed by atoms with Gasteiger partial charge in [0.25, 0.3) is 5.91 Å². The fourth-order valence-electron chi connectivity index (χ4n) is 4.18. The van der Waals surface area contributed by atoms with E-state index >= 15 is 0 Å². The van der Waals surface area contributed by atoms with Gasteiger partial charge in [-0.25, -0.2) is 0 Å². The summed E-state index contributed by atoms with van der Waals surface area (Å²) < 4.78 is 0. The van der Waals surface area contributed by atoms with E-state index in [2.05, 4.69) is 9.80 Å². The molecule has 0 unspecified atom stereocenters. The Labute approximate surface area is 168 Å². The maximum atomic E-state index is 12.7. The van der Waals surface area contributed by atoms with Crippen LogP contribution in [0.25, 0.3) is 0 Å². The van der Waals surface area contributed by atoms with Gasteiger partial charge in [0.2, 0.25) is 5.91 Å². The fourth-order valence-corrected chi connectivity index (χ4v) is 4.18. The van der Waals surface area contributed by atoms with Crippen molar-refractivity contribution in [3.8, 4) is 0 Å². The molecule has 0 atom stereocenters. The van der Waals surface area contributed by atoms with Gasteiger partial charge >= 0.3 is 0 Å². The number of benzene rings is 1. The smallest absolute Gasteiger partial charge is 0.253 e. The first-order valence-corrected chi connectivity index (χ1v) is 10.6. The van der Waals surface area contributed by atoms with Crippen LogP contribution in [-0.2, 0) is 11.3 Å². The molecule has 6 heteroatoms. The van der Waals surface area contributed by atoms with E-state index in [9.17, 15) is 9.59 Å². The minimum atomic E-state index is -0.174. The molecule has 0 spiro atoms. The third-order valence-electron chi connectivity index (χ3n) is 6.14. The van der Waals surface area contributed by atoms with E-state index in [1.54, 1.807) is 0 Å². The average Bonchev–Trinajstić information content (AvgIpc) is 2.73. The van der Waals surface area contributed by atoms with Crippen molar-refractivity contribution < 1.29 is 9.59 Å². The van der Waals surface area contributed by atoms with Crippen molar-refractivity contribution in [1.82, 2.24) is 14.7 Å². The molecule has 2 N–H and O–H groups in total. The molecule has 2 fully saturated rings. The molecule has 0 aromatic heterocycles. The standard InChI is InChI=1S/C22H34N4O2/c1-24(15-16-25-11-3-2-4-12-25)22(28)20-7-5-18(6-8-20)17-26-13-9-19(10-14-26)21(23)27/h5-8,19H,2-4,9-17H2,1H3,(H2,23,27). The second kappa shape index (κ2) is 10.0. The van der Waals surface area contributed by atoms with E-state index in [0.717, 1.165) is 64.2 Å². The van der Waals surface area contributed by atoms with Crippen LogP contribution >= 0.6 is 0 Å². The number of likely N-dealkylation sites (tertiary alicyclic amines) is 2. The largest absolute Gasteiger partial charge is 0.369 e. The topological polar surface area (TPSA) is 69.9 Å². The molecule has 1 aromatic rings. The van der Waals surface area contributed by atoms with Gasteiger partial charge in [0.05, 0.1) is 0 Å². The summed E-state index contributed by atoms with van der Waals surface area (Å²) in [5, 5.41) is 0. The van der Waals surface area contributed by atoms with Gasteiger partial charge < -0.3 is 15.5 Å². The Morgan fingerprint density at radius 3 is 2.25 bits per heavy atom. The summed E-state index contributed by atoms with van der Waals surface area (Å²) in [5.74, 6) is -0.0607. The quantitative estimate of drug-likeness (QED) is 0.778. The number of carbonyl (C=O) groups excluding carboxylic acids is 2. The zero-order valence-corrected chi connectivity index (χ0v) is 17.1. The third-order valence-corrected chi connectivity index (χ3v) is 6.14. The monoisotopic (exact) mass is 386 g/mol.